The Morgan fingerprint density at radius 3 is 2.47 bits per heavy atom. The zero-order valence-electron chi connectivity index (χ0n) is 10.4. The molecule has 1 aliphatic carbocycles. The number of methoxy groups -OCH3 is 1. The molecule has 0 aromatic carbocycles. The van der Waals surface area contributed by atoms with Crippen molar-refractivity contribution < 1.29 is 14.3 Å². The van der Waals surface area contributed by atoms with Crippen molar-refractivity contribution in [3.05, 3.63) is 15.6 Å². The van der Waals surface area contributed by atoms with Crippen molar-refractivity contribution in [2.75, 3.05) is 7.11 Å². The van der Waals surface area contributed by atoms with Crippen LogP contribution in [0.3, 0.4) is 0 Å². The normalized spacial score (nSPS) is 21.1. The van der Waals surface area contributed by atoms with Gasteiger partial charge in [-0.1, -0.05) is 13.8 Å². The topological polar surface area (TPSA) is 56.3 Å². The maximum Gasteiger partial charge on any atom is 0.358 e. The minimum absolute atomic E-state index is 0.132. The molecule has 0 amide bonds. The highest BCUT2D eigenvalue weighted by molar-refractivity contribution is 7.14. The van der Waals surface area contributed by atoms with Gasteiger partial charge in [0.05, 0.1) is 12.1 Å². The molecule has 0 radical (unpaired) electrons. The van der Waals surface area contributed by atoms with Gasteiger partial charge in [-0.3, -0.25) is 4.79 Å². The van der Waals surface area contributed by atoms with Crippen molar-refractivity contribution in [2.45, 2.75) is 33.1 Å². The molecule has 5 heteroatoms. The predicted octanol–water partition coefficient (Wildman–Crippen LogP) is 2.65. The van der Waals surface area contributed by atoms with E-state index in [2.05, 4.69) is 23.6 Å². The van der Waals surface area contributed by atoms with Crippen molar-refractivity contribution in [1.29, 1.82) is 0 Å². The molecule has 0 N–H and O–H groups in total. The molecule has 2 rings (SSSR count). The zero-order chi connectivity index (χ0) is 12.8. The third kappa shape index (κ3) is 2.11. The van der Waals surface area contributed by atoms with E-state index in [-0.39, 0.29) is 16.9 Å². The highest BCUT2D eigenvalue weighted by Crippen LogP contribution is 2.59. The summed E-state index contributed by atoms with van der Waals surface area (Å²) in [6, 6.07) is 0. The van der Waals surface area contributed by atoms with E-state index in [9.17, 15) is 9.59 Å². The number of hydrogen-bond donors (Lipinski definition) is 0. The Bertz CT molecular complexity index is 490. The Labute approximate surface area is 104 Å². The summed E-state index contributed by atoms with van der Waals surface area (Å²) in [4.78, 5) is 27.7. The Kier molecular flexibility index (Phi) is 2.81. The van der Waals surface area contributed by atoms with Crippen molar-refractivity contribution in [3.63, 3.8) is 0 Å². The van der Waals surface area contributed by atoms with E-state index in [1.54, 1.807) is 0 Å². The standard InChI is InChI=1S/C12H15NO3S/c1-6(14)9-8(11(15)16-4)13-10(17-9)7-5-12(7,2)3/h7H,5H2,1-4H3. The van der Waals surface area contributed by atoms with Gasteiger partial charge in [-0.2, -0.15) is 0 Å². The monoisotopic (exact) mass is 253 g/mol. The van der Waals surface area contributed by atoms with Gasteiger partial charge >= 0.3 is 5.97 Å². The lowest BCUT2D eigenvalue weighted by Gasteiger charge is -1.97. The van der Waals surface area contributed by atoms with Gasteiger partial charge in [0.1, 0.15) is 4.88 Å². The van der Waals surface area contributed by atoms with Gasteiger partial charge in [-0.25, -0.2) is 9.78 Å². The number of ketones is 1. The smallest absolute Gasteiger partial charge is 0.358 e. The van der Waals surface area contributed by atoms with Gasteiger partial charge in [0.15, 0.2) is 11.5 Å². The fourth-order valence-corrected chi connectivity index (χ4v) is 3.11. The van der Waals surface area contributed by atoms with Crippen LogP contribution in [-0.4, -0.2) is 23.8 Å². The van der Waals surface area contributed by atoms with Crippen molar-refractivity contribution in [1.82, 2.24) is 4.98 Å². The number of carbonyl (C=O) groups excluding carboxylic acids is 2. The summed E-state index contributed by atoms with van der Waals surface area (Å²) in [5, 5.41) is 0.876. The number of hydrogen-bond acceptors (Lipinski definition) is 5. The lowest BCUT2D eigenvalue weighted by Crippen LogP contribution is -2.07. The van der Waals surface area contributed by atoms with Gasteiger partial charge < -0.3 is 4.74 Å². The van der Waals surface area contributed by atoms with E-state index < -0.39 is 5.97 Å². The van der Waals surface area contributed by atoms with Crippen LogP contribution in [0.5, 0.6) is 0 Å². The number of rotatable bonds is 3. The minimum Gasteiger partial charge on any atom is -0.464 e. The van der Waals surface area contributed by atoms with Crippen LogP contribution in [0.15, 0.2) is 0 Å². The SMILES string of the molecule is COC(=O)c1nc(C2CC2(C)C)sc1C(C)=O. The van der Waals surface area contributed by atoms with Crippen LogP contribution in [0.1, 0.15) is 58.3 Å². The van der Waals surface area contributed by atoms with Crippen LogP contribution in [0, 0.1) is 5.41 Å². The quantitative estimate of drug-likeness (QED) is 0.614. The van der Waals surface area contributed by atoms with Crippen molar-refractivity contribution in [2.24, 2.45) is 5.41 Å². The van der Waals surface area contributed by atoms with E-state index in [1.165, 1.54) is 25.4 Å². The van der Waals surface area contributed by atoms with Gasteiger partial charge in [0, 0.05) is 12.8 Å². The molecule has 1 saturated carbocycles. The molecule has 17 heavy (non-hydrogen) atoms. The van der Waals surface area contributed by atoms with Crippen LogP contribution in [0.25, 0.3) is 0 Å². The summed E-state index contributed by atoms with van der Waals surface area (Å²) in [6.45, 7) is 5.76. The second-order valence-electron chi connectivity index (χ2n) is 5.02. The van der Waals surface area contributed by atoms with Crippen LogP contribution < -0.4 is 0 Å². The summed E-state index contributed by atoms with van der Waals surface area (Å²) in [6.07, 6.45) is 1.05. The maximum absolute atomic E-state index is 11.5. The molecule has 0 spiro atoms. The fourth-order valence-electron chi connectivity index (χ4n) is 1.85. The number of nitrogens with zero attached hydrogens (tertiary/aromatic N) is 1. The van der Waals surface area contributed by atoms with Gasteiger partial charge in [-0.05, 0) is 11.8 Å². The zero-order valence-corrected chi connectivity index (χ0v) is 11.2. The second kappa shape index (κ2) is 3.91. The van der Waals surface area contributed by atoms with Crippen LogP contribution in [0.4, 0.5) is 0 Å². The second-order valence-corrected chi connectivity index (χ2v) is 6.05. The molecule has 1 aliphatic rings. The first-order valence-electron chi connectivity index (χ1n) is 5.47. The molecule has 1 atom stereocenters. The average Bonchev–Trinajstić information content (AvgIpc) is 2.74. The van der Waals surface area contributed by atoms with E-state index in [0.29, 0.717) is 10.8 Å². The van der Waals surface area contributed by atoms with Crippen LogP contribution in [-0.2, 0) is 4.74 Å². The minimum atomic E-state index is -0.531. The first-order valence-corrected chi connectivity index (χ1v) is 6.28. The average molecular weight is 253 g/mol. The molecule has 1 heterocycles. The maximum atomic E-state index is 11.5. The third-order valence-electron chi connectivity index (χ3n) is 3.15. The van der Waals surface area contributed by atoms with Gasteiger partial charge in [0.2, 0.25) is 0 Å². The highest BCUT2D eigenvalue weighted by atomic mass is 32.1. The molecule has 1 aromatic rings. The van der Waals surface area contributed by atoms with E-state index in [0.717, 1.165) is 11.4 Å². The summed E-state index contributed by atoms with van der Waals surface area (Å²) in [5.74, 6) is -0.298. The first-order chi connectivity index (χ1) is 7.86. The number of carbonyl (C=O) groups is 2. The number of esters is 1. The molecule has 4 nitrogen and oxygen atoms in total. The summed E-state index contributed by atoms with van der Waals surface area (Å²) in [5.41, 5.74) is 0.405. The predicted molar refractivity (Wildman–Crippen MR) is 64.6 cm³/mol. The largest absolute Gasteiger partial charge is 0.464 e. The van der Waals surface area contributed by atoms with Crippen LogP contribution >= 0.6 is 11.3 Å². The third-order valence-corrected chi connectivity index (χ3v) is 4.42. The Morgan fingerprint density at radius 1 is 1.47 bits per heavy atom. The van der Waals surface area contributed by atoms with E-state index in [4.69, 9.17) is 0 Å². The fraction of sp³-hybridized carbons (Fsp3) is 0.583. The van der Waals surface area contributed by atoms with Crippen molar-refractivity contribution >= 4 is 23.1 Å². The molecule has 0 saturated heterocycles. The number of aromatic nitrogens is 1. The molecular formula is C12H15NO3S. The Balaban J connectivity index is 2.39. The molecule has 1 aromatic heterocycles. The summed E-state index contributed by atoms with van der Waals surface area (Å²) in [7, 11) is 1.30. The van der Waals surface area contributed by atoms with Crippen LogP contribution in [0.2, 0.25) is 0 Å². The van der Waals surface area contributed by atoms with Gasteiger partial charge in [-0.15, -0.1) is 11.3 Å². The Morgan fingerprint density at radius 2 is 2.06 bits per heavy atom. The lowest BCUT2D eigenvalue weighted by molar-refractivity contribution is 0.0591. The number of thiazole rings is 1. The molecule has 92 valence electrons. The van der Waals surface area contributed by atoms with Crippen molar-refractivity contribution in [3.8, 4) is 0 Å². The molecule has 1 fully saturated rings. The number of Topliss-reactive ketones (excluding diaryl/α,β-unsaturated/α-hetero) is 1. The van der Waals surface area contributed by atoms with E-state index >= 15 is 0 Å². The lowest BCUT2D eigenvalue weighted by atomic mass is 10.1. The molecule has 0 bridgehead atoms. The summed E-state index contributed by atoms with van der Waals surface area (Å²) < 4.78 is 4.65. The van der Waals surface area contributed by atoms with E-state index in [1.807, 2.05) is 0 Å². The molecule has 1 unspecified atom stereocenters. The first kappa shape index (κ1) is 12.2. The highest BCUT2D eigenvalue weighted by Gasteiger charge is 2.49. The Hall–Kier alpha value is -1.23. The van der Waals surface area contributed by atoms with Gasteiger partial charge in [0.25, 0.3) is 0 Å². The summed E-state index contributed by atoms with van der Waals surface area (Å²) >= 11 is 1.32. The molecular weight excluding hydrogens is 238 g/mol. The number of ether oxygens (including phenoxy) is 1. The molecule has 0 aliphatic heterocycles.